The Labute approximate surface area is 119 Å². The predicted octanol–water partition coefficient (Wildman–Crippen LogP) is 5.30. The summed E-state index contributed by atoms with van der Waals surface area (Å²) in [6, 6.07) is 8.72. The van der Waals surface area contributed by atoms with Crippen LogP contribution >= 0.6 is 11.6 Å². The van der Waals surface area contributed by atoms with E-state index in [2.05, 4.69) is 4.98 Å². The summed E-state index contributed by atoms with van der Waals surface area (Å²) in [4.78, 5) is 4.19. The van der Waals surface area contributed by atoms with Crippen molar-refractivity contribution in [2.24, 2.45) is 0 Å². The van der Waals surface area contributed by atoms with Crippen LogP contribution in [0.3, 0.4) is 0 Å². The van der Waals surface area contributed by atoms with Gasteiger partial charge in [-0.2, -0.15) is 13.2 Å². The lowest BCUT2D eigenvalue weighted by atomic mass is 10.1. The number of aromatic nitrogens is 1. The minimum atomic E-state index is -4.32. The van der Waals surface area contributed by atoms with Gasteiger partial charge in [-0.05, 0) is 48.6 Å². The molecule has 1 aromatic heterocycles. The molecule has 2 aromatic rings. The number of hydrogen-bond acceptors (Lipinski definition) is 1. The first-order chi connectivity index (χ1) is 9.43. The zero-order valence-electron chi connectivity index (χ0n) is 10.4. The van der Waals surface area contributed by atoms with Crippen LogP contribution in [0, 0.1) is 0 Å². The molecule has 104 valence electrons. The van der Waals surface area contributed by atoms with Crippen LogP contribution in [0.4, 0.5) is 13.2 Å². The number of alkyl halides is 3. The molecule has 0 atom stereocenters. The van der Waals surface area contributed by atoms with E-state index in [9.17, 15) is 13.2 Å². The molecule has 0 N–H and O–H groups in total. The van der Waals surface area contributed by atoms with Crippen LogP contribution in [0.15, 0.2) is 36.4 Å². The van der Waals surface area contributed by atoms with E-state index in [4.69, 9.17) is 11.6 Å². The maximum Gasteiger partial charge on any atom is 0.416 e. The van der Waals surface area contributed by atoms with Crippen LogP contribution < -0.4 is 0 Å². The Balaban J connectivity index is 1.96. The molecule has 0 saturated heterocycles. The van der Waals surface area contributed by atoms with Gasteiger partial charge in [0.25, 0.3) is 0 Å². The van der Waals surface area contributed by atoms with Crippen LogP contribution in [-0.4, -0.2) is 4.98 Å². The van der Waals surface area contributed by atoms with Crippen LogP contribution in [0.25, 0.3) is 11.3 Å². The molecule has 1 aliphatic rings. The van der Waals surface area contributed by atoms with Gasteiger partial charge in [-0.3, -0.25) is 0 Å². The van der Waals surface area contributed by atoms with Gasteiger partial charge in [0.1, 0.15) is 5.15 Å². The molecule has 1 saturated carbocycles. The number of halogens is 4. The molecular formula is C15H11ClF3N. The molecule has 1 aliphatic carbocycles. The average molecular weight is 298 g/mol. The zero-order valence-corrected chi connectivity index (χ0v) is 11.2. The molecule has 1 heterocycles. The Hall–Kier alpha value is -1.55. The highest BCUT2D eigenvalue weighted by atomic mass is 35.5. The fourth-order valence-electron chi connectivity index (χ4n) is 2.15. The summed E-state index contributed by atoms with van der Waals surface area (Å²) < 4.78 is 37.6. The zero-order chi connectivity index (χ0) is 14.3. The molecule has 0 aliphatic heterocycles. The highest BCUT2D eigenvalue weighted by molar-refractivity contribution is 6.29. The number of benzene rings is 1. The van der Waals surface area contributed by atoms with Crippen molar-refractivity contribution < 1.29 is 13.2 Å². The molecule has 20 heavy (non-hydrogen) atoms. The summed E-state index contributed by atoms with van der Waals surface area (Å²) in [5, 5.41) is 0.379. The van der Waals surface area contributed by atoms with Crippen molar-refractivity contribution >= 4 is 11.6 Å². The third kappa shape index (κ3) is 2.80. The number of rotatable bonds is 2. The van der Waals surface area contributed by atoms with Crippen molar-refractivity contribution in [3.8, 4) is 11.3 Å². The van der Waals surface area contributed by atoms with E-state index in [0.717, 1.165) is 30.5 Å². The molecule has 0 radical (unpaired) electrons. The van der Waals surface area contributed by atoms with Crippen molar-refractivity contribution in [2.75, 3.05) is 0 Å². The van der Waals surface area contributed by atoms with Gasteiger partial charge in [-0.15, -0.1) is 0 Å². The molecule has 1 fully saturated rings. The van der Waals surface area contributed by atoms with Crippen molar-refractivity contribution in [3.05, 3.63) is 52.7 Å². The van der Waals surface area contributed by atoms with Gasteiger partial charge < -0.3 is 0 Å². The van der Waals surface area contributed by atoms with Crippen molar-refractivity contribution in [1.29, 1.82) is 0 Å². The third-order valence-corrected chi connectivity index (χ3v) is 3.57. The Morgan fingerprint density at radius 2 is 1.70 bits per heavy atom. The third-order valence-electron chi connectivity index (χ3n) is 3.37. The Morgan fingerprint density at radius 1 is 1.05 bits per heavy atom. The van der Waals surface area contributed by atoms with Crippen LogP contribution in [-0.2, 0) is 6.18 Å². The molecule has 0 bridgehead atoms. The van der Waals surface area contributed by atoms with Crippen molar-refractivity contribution in [3.63, 3.8) is 0 Å². The second-order valence-corrected chi connectivity index (χ2v) is 5.35. The monoisotopic (exact) mass is 297 g/mol. The average Bonchev–Trinajstić information content (AvgIpc) is 3.21. The summed E-state index contributed by atoms with van der Waals surface area (Å²) >= 11 is 5.98. The summed E-state index contributed by atoms with van der Waals surface area (Å²) in [5.74, 6) is 0.517. The number of hydrogen-bond donors (Lipinski definition) is 0. The molecule has 0 amide bonds. The Kier molecular flexibility index (Phi) is 3.21. The van der Waals surface area contributed by atoms with E-state index in [0.29, 0.717) is 22.3 Å². The first kappa shape index (κ1) is 13.4. The highest BCUT2D eigenvalue weighted by Crippen LogP contribution is 2.41. The SMILES string of the molecule is FC(F)(F)c1ccc(-c2cc(C3CC3)cc(Cl)n2)cc1. The first-order valence-corrected chi connectivity index (χ1v) is 6.66. The van der Waals surface area contributed by atoms with Crippen LogP contribution in [0.5, 0.6) is 0 Å². The molecule has 1 nitrogen and oxygen atoms in total. The smallest absolute Gasteiger partial charge is 0.236 e. The lowest BCUT2D eigenvalue weighted by molar-refractivity contribution is -0.137. The minimum absolute atomic E-state index is 0.379. The summed E-state index contributed by atoms with van der Waals surface area (Å²) in [6.07, 6.45) is -2.06. The maximum absolute atomic E-state index is 12.5. The molecule has 1 aromatic carbocycles. The second kappa shape index (κ2) is 4.77. The Morgan fingerprint density at radius 3 is 2.25 bits per heavy atom. The number of nitrogens with zero attached hydrogens (tertiary/aromatic N) is 1. The molecule has 5 heteroatoms. The fraction of sp³-hybridized carbons (Fsp3) is 0.267. The standard InChI is InChI=1S/C15H11ClF3N/c16-14-8-11(9-1-2-9)7-13(20-14)10-3-5-12(6-4-10)15(17,18)19/h3-9H,1-2H2. The van der Waals surface area contributed by atoms with Gasteiger partial charge in [0.2, 0.25) is 0 Å². The van der Waals surface area contributed by atoms with Gasteiger partial charge in [-0.1, -0.05) is 23.7 Å². The minimum Gasteiger partial charge on any atom is -0.236 e. The fourth-order valence-corrected chi connectivity index (χ4v) is 2.36. The van der Waals surface area contributed by atoms with E-state index >= 15 is 0 Å². The van der Waals surface area contributed by atoms with Crippen molar-refractivity contribution in [2.45, 2.75) is 24.9 Å². The van der Waals surface area contributed by atoms with Gasteiger partial charge in [0, 0.05) is 5.56 Å². The lowest BCUT2D eigenvalue weighted by Gasteiger charge is -2.08. The van der Waals surface area contributed by atoms with E-state index in [-0.39, 0.29) is 0 Å². The molecular weight excluding hydrogens is 287 g/mol. The highest BCUT2D eigenvalue weighted by Gasteiger charge is 2.30. The van der Waals surface area contributed by atoms with E-state index in [1.54, 1.807) is 0 Å². The van der Waals surface area contributed by atoms with Gasteiger partial charge in [0.05, 0.1) is 11.3 Å². The quantitative estimate of drug-likeness (QED) is 0.686. The Bertz CT molecular complexity index is 631. The molecule has 3 rings (SSSR count). The summed E-state index contributed by atoms with van der Waals surface area (Å²) in [6.45, 7) is 0. The number of pyridine rings is 1. The largest absolute Gasteiger partial charge is 0.416 e. The van der Waals surface area contributed by atoms with Crippen LogP contribution in [0.2, 0.25) is 5.15 Å². The van der Waals surface area contributed by atoms with E-state index in [1.807, 2.05) is 12.1 Å². The van der Waals surface area contributed by atoms with Gasteiger partial charge in [0.15, 0.2) is 0 Å². The van der Waals surface area contributed by atoms with E-state index in [1.165, 1.54) is 12.1 Å². The van der Waals surface area contributed by atoms with Gasteiger partial charge >= 0.3 is 6.18 Å². The maximum atomic E-state index is 12.5. The topological polar surface area (TPSA) is 12.9 Å². The van der Waals surface area contributed by atoms with Crippen LogP contribution in [0.1, 0.15) is 29.9 Å². The normalized spacial score (nSPS) is 15.4. The summed E-state index contributed by atoms with van der Waals surface area (Å²) in [7, 11) is 0. The van der Waals surface area contributed by atoms with Crippen molar-refractivity contribution in [1.82, 2.24) is 4.98 Å². The lowest BCUT2D eigenvalue weighted by Crippen LogP contribution is -2.04. The van der Waals surface area contributed by atoms with E-state index < -0.39 is 11.7 Å². The second-order valence-electron chi connectivity index (χ2n) is 4.96. The predicted molar refractivity (Wildman–Crippen MR) is 71.7 cm³/mol. The summed E-state index contributed by atoms with van der Waals surface area (Å²) in [5.41, 5.74) is 1.71. The molecule has 0 unspecified atom stereocenters. The molecule has 0 spiro atoms. The van der Waals surface area contributed by atoms with Gasteiger partial charge in [-0.25, -0.2) is 4.98 Å². The first-order valence-electron chi connectivity index (χ1n) is 6.28.